The molecule has 0 spiro atoms. The molecule has 1 aliphatic carbocycles. The van der Waals surface area contributed by atoms with Crippen LogP contribution in [0.4, 0.5) is 0 Å². The molecule has 1 heterocycles. The molecular formula is C21H21N3O. The van der Waals surface area contributed by atoms with Crippen molar-refractivity contribution in [3.8, 4) is 16.9 Å². The van der Waals surface area contributed by atoms with E-state index in [1.165, 1.54) is 16.7 Å². The Hall–Kier alpha value is -2.88. The van der Waals surface area contributed by atoms with E-state index in [9.17, 15) is 5.21 Å². The van der Waals surface area contributed by atoms with Crippen LogP contribution >= 0.6 is 0 Å². The van der Waals surface area contributed by atoms with E-state index in [0.29, 0.717) is 6.42 Å². The standard InChI is InChI=1S/C21H21N3O/c1-14-3-7-16(8-4-14)21-19-13-17(23-25)9-12-20(19)22-24(21)18-10-5-15(2)6-11-18/h3-8,10-11,25H,9,12-13H2,1-2H3. The number of nitrogens with zero attached hydrogens (tertiary/aromatic N) is 3. The van der Waals surface area contributed by atoms with E-state index in [2.05, 4.69) is 67.5 Å². The second kappa shape index (κ2) is 6.20. The van der Waals surface area contributed by atoms with Crippen LogP contribution in [-0.4, -0.2) is 20.7 Å². The molecule has 0 fully saturated rings. The van der Waals surface area contributed by atoms with Gasteiger partial charge in [0.1, 0.15) is 0 Å². The van der Waals surface area contributed by atoms with E-state index in [-0.39, 0.29) is 0 Å². The van der Waals surface area contributed by atoms with Crippen molar-refractivity contribution in [1.82, 2.24) is 9.78 Å². The van der Waals surface area contributed by atoms with Gasteiger partial charge in [-0.2, -0.15) is 5.10 Å². The summed E-state index contributed by atoms with van der Waals surface area (Å²) < 4.78 is 2.04. The maximum Gasteiger partial charge on any atom is 0.0779 e. The summed E-state index contributed by atoms with van der Waals surface area (Å²) in [6, 6.07) is 16.9. The van der Waals surface area contributed by atoms with Gasteiger partial charge in [0.25, 0.3) is 0 Å². The van der Waals surface area contributed by atoms with E-state index in [1.807, 2.05) is 4.68 Å². The maximum atomic E-state index is 9.23. The van der Waals surface area contributed by atoms with Crippen molar-refractivity contribution < 1.29 is 5.21 Å². The zero-order valence-electron chi connectivity index (χ0n) is 14.5. The molecule has 0 amide bonds. The Morgan fingerprint density at radius 2 is 1.56 bits per heavy atom. The Balaban J connectivity index is 1.93. The number of benzene rings is 2. The lowest BCUT2D eigenvalue weighted by atomic mass is 9.92. The van der Waals surface area contributed by atoms with Crippen LogP contribution in [0.3, 0.4) is 0 Å². The third kappa shape index (κ3) is 2.84. The highest BCUT2D eigenvalue weighted by atomic mass is 16.4. The van der Waals surface area contributed by atoms with Crippen LogP contribution in [-0.2, 0) is 12.8 Å². The third-order valence-electron chi connectivity index (χ3n) is 4.84. The van der Waals surface area contributed by atoms with Gasteiger partial charge in [0.05, 0.1) is 22.8 Å². The molecule has 1 aromatic heterocycles. The van der Waals surface area contributed by atoms with Gasteiger partial charge >= 0.3 is 0 Å². The van der Waals surface area contributed by atoms with Crippen LogP contribution in [0, 0.1) is 13.8 Å². The van der Waals surface area contributed by atoms with E-state index in [0.717, 1.165) is 41.2 Å². The summed E-state index contributed by atoms with van der Waals surface area (Å²) in [6.45, 7) is 4.18. The number of hydrogen-bond acceptors (Lipinski definition) is 3. The van der Waals surface area contributed by atoms with E-state index < -0.39 is 0 Å². The molecule has 3 aromatic rings. The first-order valence-corrected chi connectivity index (χ1v) is 8.60. The lowest BCUT2D eigenvalue weighted by molar-refractivity contribution is 0.316. The van der Waals surface area contributed by atoms with Crippen molar-refractivity contribution in [2.75, 3.05) is 0 Å². The van der Waals surface area contributed by atoms with Gasteiger partial charge in [-0.25, -0.2) is 4.68 Å². The molecule has 4 nitrogen and oxygen atoms in total. The highest BCUT2D eigenvalue weighted by Gasteiger charge is 2.25. The fourth-order valence-electron chi connectivity index (χ4n) is 3.40. The number of oxime groups is 1. The highest BCUT2D eigenvalue weighted by Crippen LogP contribution is 2.33. The number of fused-ring (bicyclic) bond motifs is 1. The molecule has 0 saturated heterocycles. The van der Waals surface area contributed by atoms with E-state index in [4.69, 9.17) is 5.10 Å². The lowest BCUT2D eigenvalue weighted by Gasteiger charge is -2.14. The minimum atomic E-state index is 0.654. The second-order valence-electron chi connectivity index (χ2n) is 6.73. The summed E-state index contributed by atoms with van der Waals surface area (Å²) >= 11 is 0. The Morgan fingerprint density at radius 3 is 2.20 bits per heavy atom. The van der Waals surface area contributed by atoms with Crippen LogP contribution in [0.5, 0.6) is 0 Å². The van der Waals surface area contributed by atoms with Crippen LogP contribution in [0.1, 0.15) is 28.8 Å². The van der Waals surface area contributed by atoms with Gasteiger partial charge < -0.3 is 5.21 Å². The number of rotatable bonds is 2. The molecule has 0 radical (unpaired) electrons. The van der Waals surface area contributed by atoms with Crippen molar-refractivity contribution >= 4 is 5.71 Å². The fraction of sp³-hybridized carbons (Fsp3) is 0.238. The quantitative estimate of drug-likeness (QED) is 0.556. The van der Waals surface area contributed by atoms with Crippen LogP contribution in [0.15, 0.2) is 53.7 Å². The molecule has 1 aliphatic rings. The van der Waals surface area contributed by atoms with Crippen molar-refractivity contribution in [1.29, 1.82) is 0 Å². The summed E-state index contributed by atoms with van der Waals surface area (Å²) in [4.78, 5) is 0. The molecule has 25 heavy (non-hydrogen) atoms. The first kappa shape index (κ1) is 15.6. The van der Waals surface area contributed by atoms with Crippen molar-refractivity contribution in [3.05, 3.63) is 70.9 Å². The lowest BCUT2D eigenvalue weighted by Crippen LogP contribution is -2.13. The number of aryl methyl sites for hydroxylation is 3. The monoisotopic (exact) mass is 331 g/mol. The average Bonchev–Trinajstić information content (AvgIpc) is 3.01. The predicted molar refractivity (Wildman–Crippen MR) is 99.7 cm³/mol. The van der Waals surface area contributed by atoms with Crippen LogP contribution in [0.25, 0.3) is 16.9 Å². The molecule has 4 heteroatoms. The number of aromatic nitrogens is 2. The smallest absolute Gasteiger partial charge is 0.0779 e. The second-order valence-corrected chi connectivity index (χ2v) is 6.73. The fourth-order valence-corrected chi connectivity index (χ4v) is 3.40. The molecular weight excluding hydrogens is 310 g/mol. The molecule has 2 aromatic carbocycles. The van der Waals surface area contributed by atoms with Gasteiger partial charge in [-0.3, -0.25) is 0 Å². The zero-order valence-corrected chi connectivity index (χ0v) is 14.5. The van der Waals surface area contributed by atoms with E-state index in [1.54, 1.807) is 0 Å². The Morgan fingerprint density at radius 1 is 0.920 bits per heavy atom. The normalized spacial score (nSPS) is 15.4. The molecule has 1 N–H and O–H groups in total. The first-order valence-electron chi connectivity index (χ1n) is 8.60. The SMILES string of the molecule is Cc1ccc(-c2c3c(nn2-c2ccc(C)cc2)CCC(=NO)C3)cc1. The Bertz CT molecular complexity index is 935. The summed E-state index contributed by atoms with van der Waals surface area (Å²) in [5.74, 6) is 0. The van der Waals surface area contributed by atoms with Gasteiger partial charge in [-0.1, -0.05) is 52.7 Å². The van der Waals surface area contributed by atoms with Gasteiger partial charge in [0.2, 0.25) is 0 Å². The minimum absolute atomic E-state index is 0.654. The molecule has 0 atom stereocenters. The Labute approximate surface area is 147 Å². The summed E-state index contributed by atoms with van der Waals surface area (Å²) in [6.07, 6.45) is 2.23. The van der Waals surface area contributed by atoms with Crippen molar-refractivity contribution in [2.24, 2.45) is 5.16 Å². The van der Waals surface area contributed by atoms with Crippen molar-refractivity contribution in [2.45, 2.75) is 33.1 Å². The molecule has 4 rings (SSSR count). The zero-order chi connectivity index (χ0) is 17.4. The average molecular weight is 331 g/mol. The topological polar surface area (TPSA) is 50.4 Å². The largest absolute Gasteiger partial charge is 0.411 e. The number of hydrogen-bond donors (Lipinski definition) is 1. The van der Waals surface area contributed by atoms with Crippen LogP contribution in [0.2, 0.25) is 0 Å². The molecule has 0 aliphatic heterocycles. The predicted octanol–water partition coefficient (Wildman–Crippen LogP) is 4.48. The summed E-state index contributed by atoms with van der Waals surface area (Å²) in [7, 11) is 0. The van der Waals surface area contributed by atoms with Gasteiger partial charge in [0, 0.05) is 17.5 Å². The summed E-state index contributed by atoms with van der Waals surface area (Å²) in [5.41, 5.74) is 8.84. The third-order valence-corrected chi connectivity index (χ3v) is 4.84. The van der Waals surface area contributed by atoms with E-state index >= 15 is 0 Å². The Kier molecular flexibility index (Phi) is 3.88. The molecule has 0 saturated carbocycles. The first-order chi connectivity index (χ1) is 12.2. The van der Waals surface area contributed by atoms with Gasteiger partial charge in [-0.15, -0.1) is 0 Å². The summed E-state index contributed by atoms with van der Waals surface area (Å²) in [5, 5.41) is 17.6. The molecule has 0 bridgehead atoms. The molecule has 0 unspecified atom stereocenters. The van der Waals surface area contributed by atoms with Crippen molar-refractivity contribution in [3.63, 3.8) is 0 Å². The minimum Gasteiger partial charge on any atom is -0.411 e. The molecule has 126 valence electrons. The van der Waals surface area contributed by atoms with Gasteiger partial charge in [-0.05, 0) is 38.8 Å². The van der Waals surface area contributed by atoms with Gasteiger partial charge in [0.15, 0.2) is 0 Å². The van der Waals surface area contributed by atoms with Crippen LogP contribution < -0.4 is 0 Å². The highest BCUT2D eigenvalue weighted by molar-refractivity contribution is 5.90. The maximum absolute atomic E-state index is 9.23.